The first-order chi connectivity index (χ1) is 10.5. The molecule has 3 amide bonds. The number of urea groups is 1. The molecule has 7 heteroatoms. The maximum absolute atomic E-state index is 12.4. The van der Waals surface area contributed by atoms with Crippen molar-refractivity contribution in [2.24, 2.45) is 11.7 Å². The third kappa shape index (κ3) is 3.97. The van der Waals surface area contributed by atoms with Gasteiger partial charge in [0.1, 0.15) is 0 Å². The number of nitrogens with two attached hydrogens (primary N) is 1. The minimum absolute atomic E-state index is 0.166. The lowest BCUT2D eigenvalue weighted by atomic mass is 9.97. The Morgan fingerprint density at radius 2 is 1.95 bits per heavy atom. The topological polar surface area (TPSA) is 113 Å². The third-order valence-corrected chi connectivity index (χ3v) is 3.73. The summed E-state index contributed by atoms with van der Waals surface area (Å²) in [6, 6.07) is 6.21. The maximum Gasteiger partial charge on any atom is 0.312 e. The standard InChI is InChI=1S/C15H19N3O4/c16-15(22)17-8-10-3-5-11(6-4-10)13(19)18-7-1-2-12(9-18)14(20)21/h3-6,12H,1-2,7-9H2,(H,20,21)(H3,16,17,22)/t12-/m0/s1. The number of carboxylic acids is 1. The normalized spacial score (nSPS) is 17.8. The quantitative estimate of drug-likeness (QED) is 0.763. The van der Waals surface area contributed by atoms with Crippen LogP contribution in [0.5, 0.6) is 0 Å². The molecule has 118 valence electrons. The SMILES string of the molecule is NC(=O)NCc1ccc(C(=O)N2CCC[C@H](C(=O)O)C2)cc1. The number of piperidine rings is 1. The van der Waals surface area contributed by atoms with Crippen molar-refractivity contribution in [1.82, 2.24) is 10.2 Å². The van der Waals surface area contributed by atoms with Crippen molar-refractivity contribution in [3.05, 3.63) is 35.4 Å². The van der Waals surface area contributed by atoms with Gasteiger partial charge >= 0.3 is 12.0 Å². The number of amides is 3. The molecule has 7 nitrogen and oxygen atoms in total. The monoisotopic (exact) mass is 305 g/mol. The van der Waals surface area contributed by atoms with Crippen molar-refractivity contribution in [3.63, 3.8) is 0 Å². The van der Waals surface area contributed by atoms with Crippen LogP contribution in [0.3, 0.4) is 0 Å². The van der Waals surface area contributed by atoms with Crippen LogP contribution in [0.4, 0.5) is 4.79 Å². The van der Waals surface area contributed by atoms with Crippen LogP contribution >= 0.6 is 0 Å². The zero-order valence-corrected chi connectivity index (χ0v) is 12.1. The Kier molecular flexibility index (Phi) is 4.98. The lowest BCUT2D eigenvalue weighted by molar-refractivity contribution is -0.143. The number of rotatable bonds is 4. The van der Waals surface area contributed by atoms with Crippen LogP contribution in [0.2, 0.25) is 0 Å². The van der Waals surface area contributed by atoms with Gasteiger partial charge in [-0.25, -0.2) is 4.79 Å². The van der Waals surface area contributed by atoms with Gasteiger partial charge in [-0.05, 0) is 30.5 Å². The molecule has 0 spiro atoms. The number of carboxylic acid groups (broad SMARTS) is 1. The summed E-state index contributed by atoms with van der Waals surface area (Å²) >= 11 is 0. The van der Waals surface area contributed by atoms with Crippen LogP contribution in [0, 0.1) is 5.92 Å². The first-order valence-electron chi connectivity index (χ1n) is 7.11. The smallest absolute Gasteiger partial charge is 0.312 e. The van der Waals surface area contributed by atoms with Gasteiger partial charge in [0.2, 0.25) is 0 Å². The second-order valence-corrected chi connectivity index (χ2v) is 5.34. The summed E-state index contributed by atoms with van der Waals surface area (Å²) in [5.74, 6) is -1.51. The van der Waals surface area contributed by atoms with Crippen molar-refractivity contribution in [2.45, 2.75) is 19.4 Å². The second-order valence-electron chi connectivity index (χ2n) is 5.34. The number of aliphatic carboxylic acids is 1. The van der Waals surface area contributed by atoms with Crippen LogP contribution in [0.1, 0.15) is 28.8 Å². The first kappa shape index (κ1) is 15.8. The highest BCUT2D eigenvalue weighted by Gasteiger charge is 2.28. The number of nitrogens with one attached hydrogen (secondary N) is 1. The predicted octanol–water partition coefficient (Wildman–Crippen LogP) is 0.792. The van der Waals surface area contributed by atoms with Gasteiger partial charge in [-0.15, -0.1) is 0 Å². The van der Waals surface area contributed by atoms with Gasteiger partial charge in [0, 0.05) is 25.2 Å². The average molecular weight is 305 g/mol. The Morgan fingerprint density at radius 1 is 1.27 bits per heavy atom. The van der Waals surface area contributed by atoms with E-state index in [1.54, 1.807) is 29.2 Å². The minimum atomic E-state index is -0.856. The molecule has 0 unspecified atom stereocenters. The van der Waals surface area contributed by atoms with Gasteiger partial charge in [0.15, 0.2) is 0 Å². The van der Waals surface area contributed by atoms with Crippen molar-refractivity contribution < 1.29 is 19.5 Å². The van der Waals surface area contributed by atoms with Gasteiger partial charge in [-0.1, -0.05) is 12.1 Å². The van der Waals surface area contributed by atoms with E-state index in [1.807, 2.05) is 0 Å². The number of primary amides is 1. The zero-order valence-electron chi connectivity index (χ0n) is 12.1. The number of carbonyl (C=O) groups is 3. The molecule has 0 radical (unpaired) electrons. The molecule has 4 N–H and O–H groups in total. The van der Waals surface area contributed by atoms with Gasteiger partial charge in [0.05, 0.1) is 5.92 Å². The lowest BCUT2D eigenvalue weighted by Crippen LogP contribution is -2.42. The van der Waals surface area contributed by atoms with E-state index in [4.69, 9.17) is 10.8 Å². The van der Waals surface area contributed by atoms with Crippen LogP contribution < -0.4 is 11.1 Å². The van der Waals surface area contributed by atoms with Crippen molar-refractivity contribution in [1.29, 1.82) is 0 Å². The van der Waals surface area contributed by atoms with Crippen LogP contribution in [0.15, 0.2) is 24.3 Å². The summed E-state index contributed by atoms with van der Waals surface area (Å²) in [6.45, 7) is 1.13. The Bertz CT molecular complexity index is 571. The van der Waals surface area contributed by atoms with E-state index in [0.29, 0.717) is 31.5 Å². The number of likely N-dealkylation sites (tertiary alicyclic amines) is 1. The van der Waals surface area contributed by atoms with E-state index < -0.39 is 17.9 Å². The molecule has 0 aliphatic carbocycles. The molecule has 2 rings (SSSR count). The summed E-state index contributed by atoms with van der Waals surface area (Å²) in [4.78, 5) is 35.7. The Labute approximate surface area is 128 Å². The summed E-state index contributed by atoms with van der Waals surface area (Å²) in [6.07, 6.45) is 1.31. The molecule has 0 aromatic heterocycles. The van der Waals surface area contributed by atoms with Crippen LogP contribution in [-0.4, -0.2) is 41.0 Å². The molecule has 1 saturated heterocycles. The van der Waals surface area contributed by atoms with Gasteiger partial charge < -0.3 is 21.1 Å². The number of hydrogen-bond acceptors (Lipinski definition) is 3. The second kappa shape index (κ2) is 6.93. The number of hydrogen-bond donors (Lipinski definition) is 3. The highest BCUT2D eigenvalue weighted by atomic mass is 16.4. The van der Waals surface area contributed by atoms with Crippen molar-refractivity contribution in [2.75, 3.05) is 13.1 Å². The van der Waals surface area contributed by atoms with Crippen molar-refractivity contribution in [3.8, 4) is 0 Å². The van der Waals surface area contributed by atoms with E-state index in [1.165, 1.54) is 0 Å². The maximum atomic E-state index is 12.4. The summed E-state index contributed by atoms with van der Waals surface area (Å²) in [5.41, 5.74) is 6.33. The molecule has 1 aromatic carbocycles. The molecule has 1 aromatic rings. The fraction of sp³-hybridized carbons (Fsp3) is 0.400. The molecular formula is C15H19N3O4. The van der Waals surface area contributed by atoms with E-state index in [2.05, 4.69) is 5.32 Å². The van der Waals surface area contributed by atoms with Gasteiger partial charge in [0.25, 0.3) is 5.91 Å². The van der Waals surface area contributed by atoms with E-state index in [9.17, 15) is 14.4 Å². The summed E-state index contributed by atoms with van der Waals surface area (Å²) < 4.78 is 0. The summed E-state index contributed by atoms with van der Waals surface area (Å²) in [5, 5.41) is 11.5. The number of carbonyl (C=O) groups excluding carboxylic acids is 2. The average Bonchev–Trinajstić information content (AvgIpc) is 2.53. The Balaban J connectivity index is 2.00. The lowest BCUT2D eigenvalue weighted by Gasteiger charge is -2.30. The number of benzene rings is 1. The Morgan fingerprint density at radius 3 is 2.55 bits per heavy atom. The van der Waals surface area contributed by atoms with Crippen molar-refractivity contribution >= 4 is 17.9 Å². The fourth-order valence-corrected chi connectivity index (χ4v) is 2.50. The van der Waals surface area contributed by atoms with E-state index in [-0.39, 0.29) is 12.5 Å². The minimum Gasteiger partial charge on any atom is -0.481 e. The fourth-order valence-electron chi connectivity index (χ4n) is 2.50. The molecule has 0 saturated carbocycles. The van der Waals surface area contributed by atoms with E-state index >= 15 is 0 Å². The molecule has 22 heavy (non-hydrogen) atoms. The van der Waals surface area contributed by atoms with Crippen LogP contribution in [0.25, 0.3) is 0 Å². The molecule has 1 aliphatic heterocycles. The van der Waals surface area contributed by atoms with Gasteiger partial charge in [-0.3, -0.25) is 9.59 Å². The number of nitrogens with zero attached hydrogens (tertiary/aromatic N) is 1. The molecule has 1 heterocycles. The first-order valence-corrected chi connectivity index (χ1v) is 7.11. The van der Waals surface area contributed by atoms with Crippen LogP contribution in [-0.2, 0) is 11.3 Å². The molecule has 1 aliphatic rings. The zero-order chi connectivity index (χ0) is 16.1. The third-order valence-electron chi connectivity index (χ3n) is 3.73. The predicted molar refractivity (Wildman–Crippen MR) is 79.1 cm³/mol. The molecular weight excluding hydrogens is 286 g/mol. The van der Waals surface area contributed by atoms with E-state index in [0.717, 1.165) is 5.56 Å². The largest absolute Gasteiger partial charge is 0.481 e. The molecule has 1 atom stereocenters. The highest BCUT2D eigenvalue weighted by Crippen LogP contribution is 2.19. The highest BCUT2D eigenvalue weighted by molar-refractivity contribution is 5.94. The molecule has 1 fully saturated rings. The Hall–Kier alpha value is -2.57. The molecule has 0 bridgehead atoms. The van der Waals surface area contributed by atoms with Gasteiger partial charge in [-0.2, -0.15) is 0 Å². The summed E-state index contributed by atoms with van der Waals surface area (Å²) in [7, 11) is 0.